The molecule has 3 aromatic rings. The molecule has 0 spiro atoms. The van der Waals surface area contributed by atoms with Crippen LogP contribution in [0.4, 0.5) is 0 Å². The van der Waals surface area contributed by atoms with Crippen molar-refractivity contribution in [3.05, 3.63) is 69.7 Å². The summed E-state index contributed by atoms with van der Waals surface area (Å²) in [5.74, 6) is 0.986. The van der Waals surface area contributed by atoms with Crippen LogP contribution in [0.1, 0.15) is 11.3 Å². The Morgan fingerprint density at radius 2 is 1.93 bits per heavy atom. The lowest BCUT2D eigenvalue weighted by Crippen LogP contribution is -2.01. The second kappa shape index (κ2) is 9.52. The third-order valence-corrected chi connectivity index (χ3v) is 5.26. The van der Waals surface area contributed by atoms with Crippen LogP contribution in [0, 0.1) is 0 Å². The highest BCUT2D eigenvalue weighted by Gasteiger charge is 2.12. The molecule has 3 rings (SSSR count). The van der Waals surface area contributed by atoms with E-state index in [4.69, 9.17) is 14.2 Å². The van der Waals surface area contributed by atoms with Gasteiger partial charge in [0.15, 0.2) is 0 Å². The Balaban J connectivity index is 1.64. The van der Waals surface area contributed by atoms with E-state index in [1.807, 2.05) is 47.8 Å². The van der Waals surface area contributed by atoms with Crippen LogP contribution < -0.4 is 9.47 Å². The van der Waals surface area contributed by atoms with Gasteiger partial charge < -0.3 is 14.2 Å². The van der Waals surface area contributed by atoms with Crippen LogP contribution in [0.3, 0.4) is 0 Å². The minimum Gasteiger partial charge on any atom is -0.496 e. The molecular weight excluding hydrogens is 442 g/mol. The molecule has 7 heteroatoms. The van der Waals surface area contributed by atoms with Crippen molar-refractivity contribution in [1.29, 1.82) is 0 Å². The average molecular weight is 460 g/mol. The monoisotopic (exact) mass is 459 g/mol. The van der Waals surface area contributed by atoms with Gasteiger partial charge >= 0.3 is 5.97 Å². The molecule has 0 unspecified atom stereocenters. The van der Waals surface area contributed by atoms with Gasteiger partial charge in [0.1, 0.15) is 23.1 Å². The molecule has 2 aromatic carbocycles. The summed E-state index contributed by atoms with van der Waals surface area (Å²) >= 11 is 4.93. The van der Waals surface area contributed by atoms with Crippen LogP contribution >= 0.6 is 27.3 Å². The smallest absolute Gasteiger partial charge is 0.331 e. The summed E-state index contributed by atoms with van der Waals surface area (Å²) in [6.45, 7) is 0.0991. The number of esters is 1. The van der Waals surface area contributed by atoms with Gasteiger partial charge in [0, 0.05) is 21.5 Å². The number of halogens is 1. The number of nitrogens with zero attached hydrogens (tertiary/aromatic N) is 1. The number of rotatable bonds is 7. The van der Waals surface area contributed by atoms with Crippen molar-refractivity contribution in [2.75, 3.05) is 14.2 Å². The van der Waals surface area contributed by atoms with Crippen LogP contribution in [0.15, 0.2) is 58.4 Å². The second-order valence-corrected chi connectivity index (χ2v) is 7.45. The summed E-state index contributed by atoms with van der Waals surface area (Å²) in [5, 5.41) is 2.67. The fourth-order valence-electron chi connectivity index (χ4n) is 2.50. The van der Waals surface area contributed by atoms with Crippen molar-refractivity contribution in [3.8, 4) is 22.1 Å². The topological polar surface area (TPSA) is 57.7 Å². The van der Waals surface area contributed by atoms with E-state index in [-0.39, 0.29) is 6.61 Å². The molecule has 0 aliphatic carbocycles. The zero-order valence-corrected chi connectivity index (χ0v) is 17.7. The van der Waals surface area contributed by atoms with Gasteiger partial charge in [0.05, 0.1) is 25.5 Å². The maximum absolute atomic E-state index is 12.0. The maximum atomic E-state index is 12.0. The summed E-state index contributed by atoms with van der Waals surface area (Å²) in [7, 11) is 3.21. The molecule has 5 nitrogen and oxygen atoms in total. The minimum atomic E-state index is -0.444. The lowest BCUT2D eigenvalue weighted by molar-refractivity contribution is -0.139. The van der Waals surface area contributed by atoms with Crippen LogP contribution in [0.5, 0.6) is 11.5 Å². The van der Waals surface area contributed by atoms with Crippen molar-refractivity contribution in [2.24, 2.45) is 0 Å². The average Bonchev–Trinajstić information content (AvgIpc) is 3.19. The number of ether oxygens (including phenoxy) is 3. The number of aromatic nitrogens is 1. The molecule has 0 aliphatic heterocycles. The van der Waals surface area contributed by atoms with Gasteiger partial charge in [-0.25, -0.2) is 9.78 Å². The quantitative estimate of drug-likeness (QED) is 0.352. The fourth-order valence-corrected chi connectivity index (χ4v) is 3.69. The van der Waals surface area contributed by atoms with Crippen LogP contribution in [0.25, 0.3) is 16.6 Å². The number of benzene rings is 2. The summed E-state index contributed by atoms with van der Waals surface area (Å²) < 4.78 is 16.9. The Hall–Kier alpha value is -2.64. The molecule has 0 radical (unpaired) electrons. The number of carbonyl (C=O) groups is 1. The number of hydrogen-bond acceptors (Lipinski definition) is 6. The van der Waals surface area contributed by atoms with E-state index in [1.165, 1.54) is 17.4 Å². The molecule has 28 heavy (non-hydrogen) atoms. The van der Waals surface area contributed by atoms with Crippen LogP contribution in [0.2, 0.25) is 0 Å². The number of methoxy groups -OCH3 is 2. The maximum Gasteiger partial charge on any atom is 0.331 e. The molecular formula is C21H18BrNO4S. The zero-order chi connectivity index (χ0) is 19.9. The molecule has 1 aromatic heterocycles. The molecule has 1 heterocycles. The van der Waals surface area contributed by atoms with Crippen molar-refractivity contribution < 1.29 is 19.0 Å². The SMILES string of the molecule is COc1ccccc1/C=C\C(=O)OCc1csc(-c2cc(Br)ccc2OC)n1. The number of carbonyl (C=O) groups excluding carboxylic acids is 1. The van der Waals surface area contributed by atoms with E-state index in [2.05, 4.69) is 20.9 Å². The van der Waals surface area contributed by atoms with Gasteiger partial charge in [-0.2, -0.15) is 0 Å². The Morgan fingerprint density at radius 3 is 2.71 bits per heavy atom. The fraction of sp³-hybridized carbons (Fsp3) is 0.143. The van der Waals surface area contributed by atoms with Crippen molar-refractivity contribution in [1.82, 2.24) is 4.98 Å². The third-order valence-electron chi connectivity index (χ3n) is 3.84. The summed E-state index contributed by atoms with van der Waals surface area (Å²) in [6, 6.07) is 13.2. The third kappa shape index (κ3) is 4.99. The first-order valence-electron chi connectivity index (χ1n) is 8.37. The predicted molar refractivity (Wildman–Crippen MR) is 114 cm³/mol. The summed E-state index contributed by atoms with van der Waals surface area (Å²) in [6.07, 6.45) is 3.04. The Bertz CT molecular complexity index is 1000. The van der Waals surface area contributed by atoms with Crippen molar-refractivity contribution >= 4 is 39.3 Å². The minimum absolute atomic E-state index is 0.0991. The summed E-state index contributed by atoms with van der Waals surface area (Å²) in [4.78, 5) is 16.6. The van der Waals surface area contributed by atoms with Gasteiger partial charge in [-0.05, 0) is 30.3 Å². The lowest BCUT2D eigenvalue weighted by Gasteiger charge is -2.06. The highest BCUT2D eigenvalue weighted by atomic mass is 79.9. The molecule has 0 amide bonds. The van der Waals surface area contributed by atoms with Gasteiger partial charge in [-0.15, -0.1) is 11.3 Å². The van der Waals surface area contributed by atoms with E-state index < -0.39 is 5.97 Å². The van der Waals surface area contributed by atoms with Crippen LogP contribution in [-0.4, -0.2) is 25.2 Å². The molecule has 0 atom stereocenters. The molecule has 0 saturated heterocycles. The van der Waals surface area contributed by atoms with Gasteiger partial charge in [-0.3, -0.25) is 0 Å². The second-order valence-electron chi connectivity index (χ2n) is 5.67. The van der Waals surface area contributed by atoms with E-state index in [0.29, 0.717) is 11.4 Å². The van der Waals surface area contributed by atoms with E-state index in [9.17, 15) is 4.79 Å². The molecule has 0 aliphatic rings. The normalized spacial score (nSPS) is 10.8. The highest BCUT2D eigenvalue weighted by Crippen LogP contribution is 2.34. The number of para-hydroxylation sites is 1. The van der Waals surface area contributed by atoms with Gasteiger partial charge in [0.25, 0.3) is 0 Å². The molecule has 0 bridgehead atoms. The Kier molecular flexibility index (Phi) is 6.84. The first-order chi connectivity index (χ1) is 13.6. The van der Waals surface area contributed by atoms with E-state index in [1.54, 1.807) is 20.3 Å². The van der Waals surface area contributed by atoms with Crippen molar-refractivity contribution in [2.45, 2.75) is 6.61 Å². The van der Waals surface area contributed by atoms with E-state index >= 15 is 0 Å². The van der Waals surface area contributed by atoms with Gasteiger partial charge in [-0.1, -0.05) is 34.1 Å². The molecule has 0 N–H and O–H groups in total. The highest BCUT2D eigenvalue weighted by molar-refractivity contribution is 9.10. The van der Waals surface area contributed by atoms with Gasteiger partial charge in [0.2, 0.25) is 0 Å². The first kappa shape index (κ1) is 20.1. The predicted octanol–water partition coefficient (Wildman–Crippen LogP) is 5.35. The van der Waals surface area contributed by atoms with Crippen LogP contribution in [-0.2, 0) is 16.1 Å². The Labute approximate surface area is 175 Å². The molecule has 144 valence electrons. The zero-order valence-electron chi connectivity index (χ0n) is 15.3. The van der Waals surface area contributed by atoms with Crippen molar-refractivity contribution in [3.63, 3.8) is 0 Å². The molecule has 0 fully saturated rings. The number of thiazole rings is 1. The Morgan fingerprint density at radius 1 is 1.14 bits per heavy atom. The largest absolute Gasteiger partial charge is 0.496 e. The lowest BCUT2D eigenvalue weighted by atomic mass is 10.2. The standard InChI is InChI=1S/C21H18BrNO4S/c1-25-18-6-4-3-5-14(18)7-10-20(24)27-12-16-13-28-21(23-16)17-11-15(22)8-9-19(17)26-2/h3-11,13H,12H2,1-2H3/b10-7-. The summed E-state index contributed by atoms with van der Waals surface area (Å²) in [5.41, 5.74) is 2.37. The number of hydrogen-bond donors (Lipinski definition) is 0. The molecule has 0 saturated carbocycles. The first-order valence-corrected chi connectivity index (χ1v) is 10.0. The van der Waals surface area contributed by atoms with E-state index in [0.717, 1.165) is 26.4 Å².